The van der Waals surface area contributed by atoms with Crippen LogP contribution in [0.1, 0.15) is 0 Å². The van der Waals surface area contributed by atoms with Crippen LogP contribution >= 0.6 is 0 Å². The number of nitrogen functional groups attached to an aromatic ring is 1. The Kier molecular flexibility index (Phi) is 1.93. The maximum atomic E-state index is 6.68. The van der Waals surface area contributed by atoms with Gasteiger partial charge in [0, 0.05) is 7.05 Å². The first-order valence-corrected chi connectivity index (χ1v) is 3.09. The zero-order chi connectivity index (χ0) is 8.27. The van der Waals surface area contributed by atoms with Gasteiger partial charge in [-0.1, -0.05) is 6.57 Å². The number of hydrogen-bond donors (Lipinski definition) is 2. The summed E-state index contributed by atoms with van der Waals surface area (Å²) in [7, 11) is 1.71. The third kappa shape index (κ3) is 1.38. The van der Waals surface area contributed by atoms with Gasteiger partial charge in [-0.25, -0.2) is 0 Å². The number of nitrogens with two attached hydrogens (primary N) is 1. The van der Waals surface area contributed by atoms with Crippen molar-refractivity contribution in [1.29, 1.82) is 0 Å². The van der Waals surface area contributed by atoms with Gasteiger partial charge in [0.15, 0.2) is 0 Å². The molecule has 0 spiro atoms. The zero-order valence-electron chi connectivity index (χ0n) is 6.13. The molecule has 0 fully saturated rings. The van der Waals surface area contributed by atoms with Crippen molar-refractivity contribution in [1.82, 2.24) is 4.98 Å². The molecule has 4 nitrogen and oxygen atoms in total. The maximum absolute atomic E-state index is 6.68. The molecule has 0 unspecified atom stereocenters. The van der Waals surface area contributed by atoms with Crippen molar-refractivity contribution in [3.63, 3.8) is 0 Å². The van der Waals surface area contributed by atoms with Crippen molar-refractivity contribution in [3.8, 4) is 0 Å². The summed E-state index contributed by atoms with van der Waals surface area (Å²) in [5, 5.41) is 2.79. The minimum absolute atomic E-state index is 0.351. The second-order valence-electron chi connectivity index (χ2n) is 1.97. The largest absolute Gasteiger partial charge is 0.394 e. The minimum atomic E-state index is 0.351. The number of anilines is 2. The molecule has 0 radical (unpaired) electrons. The molecule has 11 heavy (non-hydrogen) atoms. The van der Waals surface area contributed by atoms with Gasteiger partial charge in [-0.3, -0.25) is 0 Å². The Morgan fingerprint density at radius 1 is 1.64 bits per heavy atom. The molecule has 0 saturated carbocycles. The first-order valence-electron chi connectivity index (χ1n) is 3.09. The zero-order valence-corrected chi connectivity index (χ0v) is 6.13. The fourth-order valence-corrected chi connectivity index (χ4v) is 0.722. The van der Waals surface area contributed by atoms with Gasteiger partial charge in [0.2, 0.25) is 5.82 Å². The molecule has 0 bridgehead atoms. The first kappa shape index (κ1) is 7.35. The van der Waals surface area contributed by atoms with E-state index in [0.29, 0.717) is 17.3 Å². The van der Waals surface area contributed by atoms with E-state index in [1.807, 2.05) is 0 Å². The van der Waals surface area contributed by atoms with Crippen LogP contribution in [0.3, 0.4) is 0 Å². The predicted molar refractivity (Wildman–Crippen MR) is 44.5 cm³/mol. The van der Waals surface area contributed by atoms with Crippen LogP contribution < -0.4 is 11.1 Å². The van der Waals surface area contributed by atoms with E-state index in [1.54, 1.807) is 19.2 Å². The van der Waals surface area contributed by atoms with Crippen LogP contribution in [0.4, 0.5) is 17.3 Å². The Balaban J connectivity index is 3.15. The smallest absolute Gasteiger partial charge is 0.271 e. The van der Waals surface area contributed by atoms with Crippen molar-refractivity contribution in [2.45, 2.75) is 0 Å². The SMILES string of the molecule is [C-]#[N+]c1ccc(N)c(NC)n1. The van der Waals surface area contributed by atoms with E-state index in [-0.39, 0.29) is 0 Å². The van der Waals surface area contributed by atoms with Gasteiger partial charge in [0.05, 0.1) is 5.69 Å². The van der Waals surface area contributed by atoms with Crippen LogP contribution in [-0.4, -0.2) is 12.0 Å². The Bertz CT molecular complexity index is 300. The normalized spacial score (nSPS) is 8.73. The van der Waals surface area contributed by atoms with Crippen molar-refractivity contribution in [3.05, 3.63) is 23.5 Å². The van der Waals surface area contributed by atoms with Crippen molar-refractivity contribution in [2.24, 2.45) is 0 Å². The molecule has 4 heteroatoms. The summed E-state index contributed by atoms with van der Waals surface area (Å²) in [5.41, 5.74) is 6.08. The quantitative estimate of drug-likeness (QED) is 0.589. The molecule has 0 aliphatic heterocycles. The second-order valence-corrected chi connectivity index (χ2v) is 1.97. The third-order valence-electron chi connectivity index (χ3n) is 1.26. The van der Waals surface area contributed by atoms with Gasteiger partial charge in [0.25, 0.3) is 5.82 Å². The number of aromatic nitrogens is 1. The van der Waals surface area contributed by atoms with E-state index in [0.717, 1.165) is 0 Å². The highest BCUT2D eigenvalue weighted by Gasteiger charge is 2.02. The van der Waals surface area contributed by atoms with Crippen LogP contribution in [0.5, 0.6) is 0 Å². The van der Waals surface area contributed by atoms with Gasteiger partial charge < -0.3 is 15.9 Å². The molecular formula is C7H8N4. The summed E-state index contributed by atoms with van der Waals surface area (Å²) >= 11 is 0. The van der Waals surface area contributed by atoms with E-state index >= 15 is 0 Å². The summed E-state index contributed by atoms with van der Waals surface area (Å²) < 4.78 is 0. The average Bonchev–Trinajstić information content (AvgIpc) is 2.05. The van der Waals surface area contributed by atoms with E-state index < -0.39 is 0 Å². The van der Waals surface area contributed by atoms with Gasteiger partial charge >= 0.3 is 0 Å². The summed E-state index contributed by atoms with van der Waals surface area (Å²) in [5.74, 6) is 0.905. The highest BCUT2D eigenvalue weighted by molar-refractivity contribution is 5.64. The number of nitrogens with zero attached hydrogens (tertiary/aromatic N) is 2. The Hall–Kier alpha value is -1.76. The van der Waals surface area contributed by atoms with Crippen molar-refractivity contribution < 1.29 is 0 Å². The summed E-state index contributed by atoms with van der Waals surface area (Å²) in [6.07, 6.45) is 0. The third-order valence-corrected chi connectivity index (χ3v) is 1.26. The molecular weight excluding hydrogens is 140 g/mol. The molecule has 0 saturated heterocycles. The minimum Gasteiger partial charge on any atom is -0.394 e. The lowest BCUT2D eigenvalue weighted by Crippen LogP contribution is -1.97. The van der Waals surface area contributed by atoms with E-state index in [1.165, 1.54) is 0 Å². The Labute approximate surface area is 64.9 Å². The standard InChI is InChI=1S/C7H8N4/c1-9-6-4-3-5(8)7(10-2)11-6/h3-4H,8H2,2H3,(H,10,11). The molecule has 0 aromatic carbocycles. The lowest BCUT2D eigenvalue weighted by Gasteiger charge is -1.98. The number of pyridine rings is 1. The fourth-order valence-electron chi connectivity index (χ4n) is 0.722. The number of rotatable bonds is 1. The van der Waals surface area contributed by atoms with E-state index in [2.05, 4.69) is 15.1 Å². The molecule has 1 aromatic rings. The van der Waals surface area contributed by atoms with Crippen LogP contribution in [0.2, 0.25) is 0 Å². The highest BCUT2D eigenvalue weighted by Crippen LogP contribution is 2.18. The van der Waals surface area contributed by atoms with Gasteiger partial charge in [-0.2, -0.15) is 0 Å². The number of hydrogen-bond acceptors (Lipinski definition) is 3. The molecule has 0 atom stereocenters. The van der Waals surface area contributed by atoms with Crippen LogP contribution in [0.25, 0.3) is 4.85 Å². The van der Waals surface area contributed by atoms with Crippen molar-refractivity contribution in [2.75, 3.05) is 18.1 Å². The molecule has 1 aromatic heterocycles. The lowest BCUT2D eigenvalue weighted by molar-refractivity contribution is 1.31. The van der Waals surface area contributed by atoms with Crippen LogP contribution in [0.15, 0.2) is 12.1 Å². The monoisotopic (exact) mass is 148 g/mol. The molecule has 56 valence electrons. The van der Waals surface area contributed by atoms with Gasteiger partial charge in [-0.05, 0) is 12.1 Å². The Morgan fingerprint density at radius 2 is 2.36 bits per heavy atom. The Morgan fingerprint density at radius 3 is 2.91 bits per heavy atom. The molecule has 3 N–H and O–H groups in total. The molecule has 0 aliphatic rings. The van der Waals surface area contributed by atoms with Crippen LogP contribution in [0, 0.1) is 6.57 Å². The summed E-state index contributed by atoms with van der Waals surface area (Å²) in [6.45, 7) is 6.68. The molecule has 1 heterocycles. The average molecular weight is 148 g/mol. The molecule has 1 rings (SSSR count). The van der Waals surface area contributed by atoms with E-state index in [4.69, 9.17) is 12.3 Å². The topological polar surface area (TPSA) is 55.3 Å². The fraction of sp³-hybridized carbons (Fsp3) is 0.143. The number of nitrogens with one attached hydrogen (secondary N) is 1. The molecule has 0 aliphatic carbocycles. The van der Waals surface area contributed by atoms with Gasteiger partial charge in [-0.15, -0.1) is 4.98 Å². The van der Waals surface area contributed by atoms with Crippen molar-refractivity contribution >= 4 is 17.3 Å². The van der Waals surface area contributed by atoms with E-state index in [9.17, 15) is 0 Å². The summed E-state index contributed by atoms with van der Waals surface area (Å²) in [6, 6.07) is 3.25. The predicted octanol–water partition coefficient (Wildman–Crippen LogP) is 1.26. The summed E-state index contributed by atoms with van der Waals surface area (Å²) in [4.78, 5) is 7.08. The second kappa shape index (κ2) is 2.88. The maximum Gasteiger partial charge on any atom is 0.271 e. The van der Waals surface area contributed by atoms with Gasteiger partial charge in [0.1, 0.15) is 0 Å². The lowest BCUT2D eigenvalue weighted by atomic mass is 10.4. The van der Waals surface area contributed by atoms with Crippen LogP contribution in [-0.2, 0) is 0 Å². The highest BCUT2D eigenvalue weighted by atomic mass is 15.0. The molecule has 0 amide bonds. The first-order chi connectivity index (χ1) is 5.27.